The maximum absolute atomic E-state index is 11.8. The van der Waals surface area contributed by atoms with Gasteiger partial charge >= 0.3 is 0 Å². The van der Waals surface area contributed by atoms with Gasteiger partial charge < -0.3 is 16.3 Å². The summed E-state index contributed by atoms with van der Waals surface area (Å²) in [6.07, 6.45) is 3.04. The van der Waals surface area contributed by atoms with Gasteiger partial charge in [0.2, 0.25) is 5.91 Å². The number of oxime groups is 1. The predicted octanol–water partition coefficient (Wildman–Crippen LogP) is 1.70. The average molecular weight is 243 g/mol. The molecule has 17 heavy (non-hydrogen) atoms. The summed E-state index contributed by atoms with van der Waals surface area (Å²) in [7, 11) is 0. The predicted molar refractivity (Wildman–Crippen MR) is 68.9 cm³/mol. The van der Waals surface area contributed by atoms with E-state index in [0.717, 1.165) is 19.3 Å². The zero-order valence-electron chi connectivity index (χ0n) is 11.3. The lowest BCUT2D eigenvalue weighted by Crippen LogP contribution is -2.43. The molecule has 4 N–H and O–H groups in total. The van der Waals surface area contributed by atoms with Crippen molar-refractivity contribution in [3.05, 3.63) is 0 Å². The summed E-state index contributed by atoms with van der Waals surface area (Å²) in [6.45, 7) is 8.03. The van der Waals surface area contributed by atoms with E-state index in [4.69, 9.17) is 10.9 Å². The Hall–Kier alpha value is -1.26. The normalized spacial score (nSPS) is 14.5. The number of unbranched alkanes of at least 4 members (excludes halogenated alkanes) is 1. The van der Waals surface area contributed by atoms with Crippen molar-refractivity contribution in [2.45, 2.75) is 47.0 Å². The number of nitrogens with zero attached hydrogens (tertiary/aromatic N) is 1. The molecule has 1 amide bonds. The first-order valence-electron chi connectivity index (χ1n) is 6.10. The maximum atomic E-state index is 11.8. The second-order valence-electron chi connectivity index (χ2n) is 5.13. The molecule has 5 heteroatoms. The van der Waals surface area contributed by atoms with Gasteiger partial charge in [-0.15, -0.1) is 0 Å². The molecule has 0 aromatic heterocycles. The van der Waals surface area contributed by atoms with Crippen LogP contribution < -0.4 is 11.1 Å². The van der Waals surface area contributed by atoms with E-state index in [0.29, 0.717) is 6.54 Å². The van der Waals surface area contributed by atoms with E-state index < -0.39 is 5.41 Å². The molecule has 0 aromatic rings. The Morgan fingerprint density at radius 1 is 1.53 bits per heavy atom. The number of hydrogen-bond donors (Lipinski definition) is 3. The van der Waals surface area contributed by atoms with Gasteiger partial charge in [-0.25, -0.2) is 0 Å². The third-order valence-corrected chi connectivity index (χ3v) is 2.94. The van der Waals surface area contributed by atoms with E-state index in [9.17, 15) is 4.79 Å². The first-order chi connectivity index (χ1) is 7.85. The number of rotatable bonds is 7. The number of amidine groups is 1. The largest absolute Gasteiger partial charge is 0.409 e. The molecule has 0 fully saturated rings. The Labute approximate surface area is 103 Å². The van der Waals surface area contributed by atoms with Gasteiger partial charge in [0, 0.05) is 17.9 Å². The zero-order chi connectivity index (χ0) is 13.5. The Kier molecular flexibility index (Phi) is 6.61. The van der Waals surface area contributed by atoms with Crippen molar-refractivity contribution in [2.75, 3.05) is 6.54 Å². The van der Waals surface area contributed by atoms with Crippen LogP contribution in [0.5, 0.6) is 0 Å². The summed E-state index contributed by atoms with van der Waals surface area (Å²) >= 11 is 0. The number of nitrogens with two attached hydrogens (primary N) is 1. The van der Waals surface area contributed by atoms with Crippen molar-refractivity contribution >= 4 is 11.7 Å². The molecule has 1 unspecified atom stereocenters. The lowest BCUT2D eigenvalue weighted by atomic mass is 9.91. The first-order valence-corrected chi connectivity index (χ1v) is 6.10. The molecule has 0 radical (unpaired) electrons. The van der Waals surface area contributed by atoms with Gasteiger partial charge in [0.05, 0.1) is 0 Å². The van der Waals surface area contributed by atoms with E-state index in [1.165, 1.54) is 0 Å². The van der Waals surface area contributed by atoms with Crippen LogP contribution in [0, 0.1) is 11.3 Å². The van der Waals surface area contributed by atoms with Crippen molar-refractivity contribution in [2.24, 2.45) is 22.2 Å². The Balaban J connectivity index is 4.15. The van der Waals surface area contributed by atoms with Crippen LogP contribution in [0.2, 0.25) is 0 Å². The highest BCUT2D eigenvalue weighted by Gasteiger charge is 2.25. The fourth-order valence-electron chi connectivity index (χ4n) is 1.35. The lowest BCUT2D eigenvalue weighted by Gasteiger charge is -2.24. The molecule has 5 nitrogen and oxygen atoms in total. The molecule has 0 saturated carbocycles. The Bertz CT molecular complexity index is 275. The van der Waals surface area contributed by atoms with Gasteiger partial charge in [0.1, 0.15) is 5.84 Å². The van der Waals surface area contributed by atoms with Crippen molar-refractivity contribution in [3.63, 3.8) is 0 Å². The monoisotopic (exact) mass is 243 g/mol. The summed E-state index contributed by atoms with van der Waals surface area (Å²) in [4.78, 5) is 11.8. The second-order valence-corrected chi connectivity index (χ2v) is 5.13. The first kappa shape index (κ1) is 15.7. The number of carbonyl (C=O) groups excluding carboxylic acids is 1. The summed E-state index contributed by atoms with van der Waals surface area (Å²) in [6, 6.07) is 0. The molecular formula is C12H25N3O2. The molecule has 0 aliphatic carbocycles. The molecule has 0 aliphatic heterocycles. The van der Waals surface area contributed by atoms with Crippen LogP contribution in [0.1, 0.15) is 47.0 Å². The van der Waals surface area contributed by atoms with Gasteiger partial charge in [0.25, 0.3) is 0 Å². The van der Waals surface area contributed by atoms with Crippen LogP contribution in [-0.4, -0.2) is 23.5 Å². The topological polar surface area (TPSA) is 87.7 Å². The van der Waals surface area contributed by atoms with Crippen molar-refractivity contribution in [3.8, 4) is 0 Å². The van der Waals surface area contributed by atoms with Gasteiger partial charge in [0.15, 0.2) is 0 Å². The number of carbonyl (C=O) groups is 1. The zero-order valence-corrected chi connectivity index (χ0v) is 11.3. The van der Waals surface area contributed by atoms with Crippen LogP contribution >= 0.6 is 0 Å². The molecule has 0 heterocycles. The average Bonchev–Trinajstić information content (AvgIpc) is 2.31. The van der Waals surface area contributed by atoms with Crippen LogP contribution in [0.4, 0.5) is 0 Å². The van der Waals surface area contributed by atoms with Gasteiger partial charge in [-0.2, -0.15) is 0 Å². The van der Waals surface area contributed by atoms with Gasteiger partial charge in [-0.1, -0.05) is 45.7 Å². The van der Waals surface area contributed by atoms with Crippen LogP contribution in [0.15, 0.2) is 5.16 Å². The highest BCUT2D eigenvalue weighted by molar-refractivity contribution is 5.86. The molecule has 0 bridgehead atoms. The smallest absolute Gasteiger partial charge is 0.222 e. The van der Waals surface area contributed by atoms with Crippen LogP contribution in [-0.2, 0) is 4.79 Å². The van der Waals surface area contributed by atoms with Crippen LogP contribution in [0.3, 0.4) is 0 Å². The fraction of sp³-hybridized carbons (Fsp3) is 0.833. The Morgan fingerprint density at radius 3 is 2.59 bits per heavy atom. The SMILES string of the molecule is CCCCC(C)C(=O)NCC(C)(C)C(N)=NO. The minimum Gasteiger partial charge on any atom is -0.409 e. The number of hydrogen-bond acceptors (Lipinski definition) is 3. The lowest BCUT2D eigenvalue weighted by molar-refractivity contribution is -0.125. The van der Waals surface area contributed by atoms with E-state index in [1.54, 1.807) is 0 Å². The highest BCUT2D eigenvalue weighted by Crippen LogP contribution is 2.14. The molecule has 100 valence electrons. The highest BCUT2D eigenvalue weighted by atomic mass is 16.4. The van der Waals surface area contributed by atoms with E-state index in [2.05, 4.69) is 17.4 Å². The van der Waals surface area contributed by atoms with Gasteiger partial charge in [-0.05, 0) is 6.42 Å². The van der Waals surface area contributed by atoms with Gasteiger partial charge in [-0.3, -0.25) is 4.79 Å². The number of nitrogens with one attached hydrogen (secondary N) is 1. The third kappa shape index (κ3) is 5.56. The second kappa shape index (κ2) is 7.14. The van der Waals surface area contributed by atoms with Crippen molar-refractivity contribution in [1.29, 1.82) is 0 Å². The minimum absolute atomic E-state index is 0.0121. The van der Waals surface area contributed by atoms with E-state index in [1.807, 2.05) is 20.8 Å². The summed E-state index contributed by atoms with van der Waals surface area (Å²) in [5.41, 5.74) is 5.01. The maximum Gasteiger partial charge on any atom is 0.222 e. The number of amides is 1. The Morgan fingerprint density at radius 2 is 2.12 bits per heavy atom. The third-order valence-electron chi connectivity index (χ3n) is 2.94. The van der Waals surface area contributed by atoms with Crippen LogP contribution in [0.25, 0.3) is 0 Å². The summed E-state index contributed by atoms with van der Waals surface area (Å²) < 4.78 is 0. The molecule has 0 saturated heterocycles. The molecule has 1 atom stereocenters. The molecule has 0 spiro atoms. The quantitative estimate of drug-likeness (QED) is 0.275. The molecule has 0 aliphatic rings. The molecule has 0 aromatic carbocycles. The van der Waals surface area contributed by atoms with Crippen molar-refractivity contribution < 1.29 is 10.0 Å². The standard InChI is InChI=1S/C12H25N3O2/c1-5-6-7-9(2)10(16)14-8-12(3,4)11(13)15-17/h9,17H,5-8H2,1-4H3,(H2,13,15)(H,14,16). The molecule has 0 rings (SSSR count). The van der Waals surface area contributed by atoms with E-state index in [-0.39, 0.29) is 17.7 Å². The molecular weight excluding hydrogens is 218 g/mol. The fourth-order valence-corrected chi connectivity index (χ4v) is 1.35. The van der Waals surface area contributed by atoms with Crippen molar-refractivity contribution in [1.82, 2.24) is 5.32 Å². The van der Waals surface area contributed by atoms with E-state index >= 15 is 0 Å². The summed E-state index contributed by atoms with van der Waals surface area (Å²) in [5.74, 6) is 0.161. The summed E-state index contributed by atoms with van der Waals surface area (Å²) in [5, 5.41) is 14.4. The minimum atomic E-state index is -0.533.